The van der Waals surface area contributed by atoms with Gasteiger partial charge in [0.15, 0.2) is 0 Å². The van der Waals surface area contributed by atoms with Crippen molar-refractivity contribution in [1.29, 1.82) is 0 Å². The fraction of sp³-hybridized carbons (Fsp3) is 0.312. The number of nitrogens with zero attached hydrogens (tertiary/aromatic N) is 3. The summed E-state index contributed by atoms with van der Waals surface area (Å²) in [4.78, 5) is 12.2. The van der Waals surface area contributed by atoms with Gasteiger partial charge in [-0.3, -0.25) is 5.10 Å². The van der Waals surface area contributed by atoms with Crippen LogP contribution in [0.15, 0.2) is 30.6 Å². The molecule has 25 heavy (non-hydrogen) atoms. The van der Waals surface area contributed by atoms with Crippen LogP contribution in [0.3, 0.4) is 0 Å². The van der Waals surface area contributed by atoms with E-state index in [0.29, 0.717) is 21.3 Å². The third-order valence-corrected chi connectivity index (χ3v) is 4.39. The molecule has 9 heteroatoms. The summed E-state index contributed by atoms with van der Waals surface area (Å²) in [5.41, 5.74) is 3.09. The van der Waals surface area contributed by atoms with Gasteiger partial charge in [0.25, 0.3) is 0 Å². The number of nitrogens with one attached hydrogen (secondary N) is 3. The summed E-state index contributed by atoms with van der Waals surface area (Å²) in [6.45, 7) is -2.70. The van der Waals surface area contributed by atoms with E-state index >= 15 is 0 Å². The Hall–Kier alpha value is -2.97. The summed E-state index contributed by atoms with van der Waals surface area (Å²) in [5, 5.41) is 16.8. The summed E-state index contributed by atoms with van der Waals surface area (Å²) in [7, 11) is 0. The van der Waals surface area contributed by atoms with Crippen LogP contribution in [0.5, 0.6) is 0 Å². The Bertz CT molecular complexity index is 918. The van der Waals surface area contributed by atoms with Crippen LogP contribution in [0.4, 0.5) is 19.3 Å². The fourth-order valence-electron chi connectivity index (χ4n) is 3.18. The molecule has 2 heterocycles. The minimum Gasteiger partial charge on any atom is -0.335 e. The van der Waals surface area contributed by atoms with Gasteiger partial charge in [0.05, 0.1) is 17.9 Å². The zero-order valence-corrected chi connectivity index (χ0v) is 13.2. The normalized spacial score (nSPS) is 16.8. The van der Waals surface area contributed by atoms with E-state index in [2.05, 4.69) is 25.9 Å². The van der Waals surface area contributed by atoms with Gasteiger partial charge in [-0.2, -0.15) is 19.0 Å². The number of fused-ring (bicyclic) bond motifs is 2. The second-order valence-corrected chi connectivity index (χ2v) is 6.05. The minimum absolute atomic E-state index is 0.0374. The van der Waals surface area contributed by atoms with Crippen LogP contribution in [0.2, 0.25) is 0 Å². The van der Waals surface area contributed by atoms with Gasteiger partial charge >= 0.3 is 12.6 Å². The SMILES string of the molecule is O=C(Nc1ccc2c(cnn2C(F)F)c1)NC1CCc2[nH]ncc2C1. The van der Waals surface area contributed by atoms with Crippen molar-refractivity contribution in [3.63, 3.8) is 0 Å². The molecule has 3 N–H and O–H groups in total. The molecule has 7 nitrogen and oxygen atoms in total. The molecule has 0 saturated heterocycles. The van der Waals surface area contributed by atoms with Crippen molar-refractivity contribution < 1.29 is 13.6 Å². The van der Waals surface area contributed by atoms with Crippen LogP contribution in [-0.2, 0) is 12.8 Å². The van der Waals surface area contributed by atoms with E-state index in [9.17, 15) is 13.6 Å². The number of carbonyl (C=O) groups is 1. The number of alkyl halides is 2. The van der Waals surface area contributed by atoms with Gasteiger partial charge in [-0.15, -0.1) is 0 Å². The molecule has 0 radical (unpaired) electrons. The lowest BCUT2D eigenvalue weighted by molar-refractivity contribution is 0.0615. The number of hydrogen-bond donors (Lipinski definition) is 3. The number of anilines is 1. The van der Waals surface area contributed by atoms with Crippen molar-refractivity contribution in [3.05, 3.63) is 41.9 Å². The summed E-state index contributed by atoms with van der Waals surface area (Å²) in [6.07, 6.45) is 5.56. The number of aromatic amines is 1. The van der Waals surface area contributed by atoms with Gasteiger partial charge in [-0.25, -0.2) is 9.48 Å². The van der Waals surface area contributed by atoms with Crippen molar-refractivity contribution in [2.45, 2.75) is 31.9 Å². The van der Waals surface area contributed by atoms with Gasteiger partial charge in [-0.1, -0.05) is 0 Å². The Kier molecular flexibility index (Phi) is 3.83. The van der Waals surface area contributed by atoms with Crippen LogP contribution in [0, 0.1) is 0 Å². The Labute approximate surface area is 141 Å². The lowest BCUT2D eigenvalue weighted by Crippen LogP contribution is -2.41. The number of amides is 2. The number of hydrogen-bond acceptors (Lipinski definition) is 3. The molecule has 0 fully saturated rings. The average Bonchev–Trinajstić information content (AvgIpc) is 3.20. The minimum atomic E-state index is -2.70. The Balaban J connectivity index is 1.42. The lowest BCUT2D eigenvalue weighted by Gasteiger charge is -2.23. The summed E-state index contributed by atoms with van der Waals surface area (Å²) in [6, 6.07) is 4.43. The van der Waals surface area contributed by atoms with Gasteiger partial charge in [0.2, 0.25) is 0 Å². The van der Waals surface area contributed by atoms with E-state index in [1.165, 1.54) is 12.3 Å². The van der Waals surface area contributed by atoms with Crippen molar-refractivity contribution >= 4 is 22.6 Å². The maximum atomic E-state index is 12.8. The molecule has 1 aliphatic carbocycles. The number of H-pyrrole nitrogens is 1. The van der Waals surface area contributed by atoms with Crippen LogP contribution in [0.25, 0.3) is 10.9 Å². The lowest BCUT2D eigenvalue weighted by atomic mass is 9.94. The van der Waals surface area contributed by atoms with Gasteiger partial charge in [0, 0.05) is 22.8 Å². The van der Waals surface area contributed by atoms with E-state index in [1.807, 2.05) is 0 Å². The second kappa shape index (κ2) is 6.15. The first-order chi connectivity index (χ1) is 12.1. The van der Waals surface area contributed by atoms with E-state index in [4.69, 9.17) is 0 Å². The number of urea groups is 1. The number of rotatable bonds is 3. The zero-order chi connectivity index (χ0) is 17.4. The molecule has 4 rings (SSSR count). The molecular formula is C16H16F2N6O. The maximum absolute atomic E-state index is 12.8. The number of carbonyl (C=O) groups excluding carboxylic acids is 1. The van der Waals surface area contributed by atoms with Crippen molar-refractivity contribution in [2.75, 3.05) is 5.32 Å². The molecule has 2 aromatic heterocycles. The van der Waals surface area contributed by atoms with Crippen LogP contribution < -0.4 is 10.6 Å². The highest BCUT2D eigenvalue weighted by Crippen LogP contribution is 2.23. The third kappa shape index (κ3) is 3.04. The Morgan fingerprint density at radius 3 is 3.08 bits per heavy atom. The summed E-state index contributed by atoms with van der Waals surface area (Å²) >= 11 is 0. The van der Waals surface area contributed by atoms with E-state index in [1.54, 1.807) is 18.3 Å². The third-order valence-electron chi connectivity index (χ3n) is 4.39. The number of halogens is 2. The first-order valence-corrected chi connectivity index (χ1v) is 7.94. The number of aromatic nitrogens is 4. The molecule has 2 amide bonds. The van der Waals surface area contributed by atoms with Crippen LogP contribution >= 0.6 is 0 Å². The van der Waals surface area contributed by atoms with E-state index < -0.39 is 6.55 Å². The molecule has 1 aromatic carbocycles. The van der Waals surface area contributed by atoms with Crippen LogP contribution in [0.1, 0.15) is 24.2 Å². The molecule has 130 valence electrons. The quantitative estimate of drug-likeness (QED) is 0.681. The summed E-state index contributed by atoms with van der Waals surface area (Å²) < 4.78 is 26.2. The smallest absolute Gasteiger partial charge is 0.333 e. The van der Waals surface area contributed by atoms with Gasteiger partial charge in [-0.05, 0) is 43.0 Å². The van der Waals surface area contributed by atoms with E-state index in [0.717, 1.165) is 30.5 Å². The van der Waals surface area contributed by atoms with Crippen LogP contribution in [-0.4, -0.2) is 32.1 Å². The molecule has 1 aliphatic rings. The van der Waals surface area contributed by atoms with Crippen molar-refractivity contribution in [2.24, 2.45) is 0 Å². The largest absolute Gasteiger partial charge is 0.335 e. The molecule has 0 saturated carbocycles. The predicted molar refractivity (Wildman–Crippen MR) is 87.5 cm³/mol. The first kappa shape index (κ1) is 15.6. The highest BCUT2D eigenvalue weighted by atomic mass is 19.3. The Morgan fingerprint density at radius 1 is 1.36 bits per heavy atom. The molecule has 1 atom stereocenters. The van der Waals surface area contributed by atoms with Gasteiger partial charge in [0.1, 0.15) is 0 Å². The molecule has 0 spiro atoms. The molecule has 3 aromatic rings. The highest BCUT2D eigenvalue weighted by molar-refractivity contribution is 5.92. The number of aryl methyl sites for hydroxylation is 1. The monoisotopic (exact) mass is 346 g/mol. The molecule has 0 bridgehead atoms. The fourth-order valence-corrected chi connectivity index (χ4v) is 3.18. The van der Waals surface area contributed by atoms with E-state index in [-0.39, 0.29) is 12.1 Å². The standard InChI is InChI=1S/C16H16F2N6O/c17-15(18)24-14-4-2-12(6-10(14)8-20-24)22-16(25)21-11-1-3-13-9(5-11)7-19-23-13/h2,4,6-8,11,15H,1,3,5H2,(H,19,23)(H2,21,22,25). The van der Waals surface area contributed by atoms with Crippen molar-refractivity contribution in [1.82, 2.24) is 25.3 Å². The predicted octanol–water partition coefficient (Wildman–Crippen LogP) is 2.83. The molecule has 0 aliphatic heterocycles. The summed E-state index contributed by atoms with van der Waals surface area (Å²) in [5.74, 6) is 0. The topological polar surface area (TPSA) is 87.6 Å². The average molecular weight is 346 g/mol. The maximum Gasteiger partial charge on any atom is 0.333 e. The number of benzene rings is 1. The molecular weight excluding hydrogens is 330 g/mol. The Morgan fingerprint density at radius 2 is 2.24 bits per heavy atom. The zero-order valence-electron chi connectivity index (χ0n) is 13.2. The van der Waals surface area contributed by atoms with Crippen molar-refractivity contribution in [3.8, 4) is 0 Å². The second-order valence-electron chi connectivity index (χ2n) is 6.05. The first-order valence-electron chi connectivity index (χ1n) is 7.94. The highest BCUT2D eigenvalue weighted by Gasteiger charge is 2.21. The molecule has 1 unspecified atom stereocenters. The van der Waals surface area contributed by atoms with Gasteiger partial charge < -0.3 is 10.6 Å².